The van der Waals surface area contributed by atoms with E-state index in [0.29, 0.717) is 5.56 Å². The third-order valence-electron chi connectivity index (χ3n) is 3.74. The van der Waals surface area contributed by atoms with E-state index in [1.54, 1.807) is 11.4 Å². The minimum atomic E-state index is -1.01. The first-order valence-electron chi connectivity index (χ1n) is 7.79. The summed E-state index contributed by atoms with van der Waals surface area (Å²) in [5.41, 5.74) is 0.839. The first-order valence-corrected chi connectivity index (χ1v) is 9.46. The maximum atomic E-state index is 12.6. The van der Waals surface area contributed by atoms with Crippen LogP contribution in [0.2, 0.25) is 0 Å². The summed E-state index contributed by atoms with van der Waals surface area (Å²) >= 11 is 4.78. The summed E-state index contributed by atoms with van der Waals surface area (Å²) in [5.74, 6) is -0.227. The van der Waals surface area contributed by atoms with Crippen molar-refractivity contribution in [2.75, 3.05) is 6.54 Å². The lowest BCUT2D eigenvalue weighted by molar-refractivity contribution is 0.0822. The Kier molecular flexibility index (Phi) is 6.24. The molecule has 7 heteroatoms. The van der Waals surface area contributed by atoms with Crippen LogP contribution in [0.3, 0.4) is 0 Å². The average molecular weight is 425 g/mol. The molecular weight excluding hydrogens is 404 g/mol. The predicted molar refractivity (Wildman–Crippen MR) is 103 cm³/mol. The molecular formula is C18H21BrN2O3S. The van der Waals surface area contributed by atoms with E-state index in [4.69, 9.17) is 0 Å². The molecule has 134 valence electrons. The van der Waals surface area contributed by atoms with Gasteiger partial charge >= 0.3 is 6.09 Å². The Hall–Kier alpha value is -1.86. The van der Waals surface area contributed by atoms with Gasteiger partial charge < -0.3 is 15.3 Å². The quantitative estimate of drug-likeness (QED) is 0.726. The monoisotopic (exact) mass is 424 g/mol. The first-order chi connectivity index (χ1) is 11.7. The SMILES string of the molecule is CC(C)(C)N(CC(NC(=O)c1csc(Br)c1)c1ccccc1)C(=O)O. The zero-order chi connectivity index (χ0) is 18.6. The maximum Gasteiger partial charge on any atom is 0.407 e. The third kappa shape index (κ3) is 5.31. The minimum Gasteiger partial charge on any atom is -0.465 e. The standard InChI is InChI=1S/C18H21BrN2O3S/c1-18(2,3)21(17(23)24)10-14(12-7-5-4-6-8-12)20-16(22)13-9-15(19)25-11-13/h4-9,11,14H,10H2,1-3H3,(H,20,22)(H,23,24). The van der Waals surface area contributed by atoms with Crippen LogP contribution in [0.15, 0.2) is 45.6 Å². The van der Waals surface area contributed by atoms with Crippen LogP contribution < -0.4 is 5.32 Å². The molecule has 1 atom stereocenters. The lowest BCUT2D eigenvalue weighted by Gasteiger charge is -2.36. The molecule has 0 bridgehead atoms. The van der Waals surface area contributed by atoms with Crippen LogP contribution in [0, 0.1) is 0 Å². The second-order valence-electron chi connectivity index (χ2n) is 6.64. The topological polar surface area (TPSA) is 69.6 Å². The van der Waals surface area contributed by atoms with Crippen molar-refractivity contribution in [3.63, 3.8) is 0 Å². The van der Waals surface area contributed by atoms with Gasteiger partial charge in [0.2, 0.25) is 0 Å². The van der Waals surface area contributed by atoms with Crippen LogP contribution in [0.25, 0.3) is 0 Å². The van der Waals surface area contributed by atoms with Gasteiger partial charge in [0.05, 0.1) is 15.4 Å². The van der Waals surface area contributed by atoms with Crippen LogP contribution in [-0.4, -0.2) is 34.1 Å². The fourth-order valence-corrected chi connectivity index (χ4v) is 3.55. The van der Waals surface area contributed by atoms with E-state index in [1.807, 2.05) is 51.1 Å². The number of nitrogens with one attached hydrogen (secondary N) is 1. The molecule has 0 aliphatic heterocycles. The van der Waals surface area contributed by atoms with Gasteiger partial charge in [-0.15, -0.1) is 11.3 Å². The number of carbonyl (C=O) groups is 2. The van der Waals surface area contributed by atoms with Gasteiger partial charge in [-0.05, 0) is 48.3 Å². The molecule has 2 aromatic rings. The zero-order valence-electron chi connectivity index (χ0n) is 14.3. The van der Waals surface area contributed by atoms with Crippen LogP contribution in [0.4, 0.5) is 4.79 Å². The summed E-state index contributed by atoms with van der Waals surface area (Å²) in [4.78, 5) is 25.6. The van der Waals surface area contributed by atoms with E-state index >= 15 is 0 Å². The Bertz CT molecular complexity index is 740. The minimum absolute atomic E-state index is 0.167. The number of amides is 2. The van der Waals surface area contributed by atoms with E-state index in [1.165, 1.54) is 16.2 Å². The van der Waals surface area contributed by atoms with E-state index in [0.717, 1.165) is 9.35 Å². The highest BCUT2D eigenvalue weighted by Gasteiger charge is 2.30. The molecule has 0 spiro atoms. The molecule has 0 radical (unpaired) electrons. The van der Waals surface area contributed by atoms with Gasteiger partial charge in [0.15, 0.2) is 0 Å². The number of nitrogens with zero attached hydrogens (tertiary/aromatic N) is 1. The molecule has 1 aromatic heterocycles. The highest BCUT2D eigenvalue weighted by molar-refractivity contribution is 9.11. The van der Waals surface area contributed by atoms with Gasteiger partial charge in [0, 0.05) is 17.5 Å². The second kappa shape index (κ2) is 8.01. The fourth-order valence-electron chi connectivity index (χ4n) is 2.41. The summed E-state index contributed by atoms with van der Waals surface area (Å²) in [6, 6.07) is 10.7. The first kappa shape index (κ1) is 19.5. The number of carbonyl (C=O) groups excluding carboxylic acids is 1. The fraction of sp³-hybridized carbons (Fsp3) is 0.333. The van der Waals surface area contributed by atoms with Gasteiger partial charge in [0.1, 0.15) is 0 Å². The van der Waals surface area contributed by atoms with Crippen molar-refractivity contribution in [2.45, 2.75) is 32.4 Å². The number of thiophene rings is 1. The van der Waals surface area contributed by atoms with Crippen LogP contribution in [-0.2, 0) is 0 Å². The van der Waals surface area contributed by atoms with E-state index in [9.17, 15) is 14.7 Å². The van der Waals surface area contributed by atoms with Crippen molar-refractivity contribution in [3.05, 3.63) is 56.7 Å². The number of benzene rings is 1. The van der Waals surface area contributed by atoms with Gasteiger partial charge in [-0.25, -0.2) is 4.79 Å². The zero-order valence-corrected chi connectivity index (χ0v) is 16.7. The summed E-state index contributed by atoms with van der Waals surface area (Å²) < 4.78 is 0.871. The normalized spacial score (nSPS) is 12.5. The molecule has 0 fully saturated rings. The van der Waals surface area contributed by atoms with E-state index in [2.05, 4.69) is 21.2 Å². The second-order valence-corrected chi connectivity index (χ2v) is 8.93. The maximum absolute atomic E-state index is 12.6. The molecule has 25 heavy (non-hydrogen) atoms. The molecule has 1 heterocycles. The van der Waals surface area contributed by atoms with Crippen LogP contribution in [0.1, 0.15) is 42.7 Å². The van der Waals surface area contributed by atoms with Crippen LogP contribution in [0.5, 0.6) is 0 Å². The lowest BCUT2D eigenvalue weighted by atomic mass is 10.0. The Labute approximate surface area is 159 Å². The predicted octanol–water partition coefficient (Wildman–Crippen LogP) is 4.76. The highest BCUT2D eigenvalue weighted by Crippen LogP contribution is 2.23. The number of hydrogen-bond donors (Lipinski definition) is 2. The van der Waals surface area contributed by atoms with Crippen molar-refractivity contribution in [1.29, 1.82) is 0 Å². The molecule has 0 aliphatic carbocycles. The van der Waals surface area contributed by atoms with E-state index in [-0.39, 0.29) is 12.5 Å². The molecule has 2 rings (SSSR count). The average Bonchev–Trinajstić information content (AvgIpc) is 2.97. The summed E-state index contributed by atoms with van der Waals surface area (Å²) in [6.07, 6.45) is -1.01. The molecule has 1 unspecified atom stereocenters. The smallest absolute Gasteiger partial charge is 0.407 e. The molecule has 2 N–H and O–H groups in total. The molecule has 5 nitrogen and oxygen atoms in total. The molecule has 2 amide bonds. The Balaban J connectivity index is 2.27. The van der Waals surface area contributed by atoms with Gasteiger partial charge in [-0.2, -0.15) is 0 Å². The summed E-state index contributed by atoms with van der Waals surface area (Å²) in [7, 11) is 0. The Morgan fingerprint density at radius 2 is 1.92 bits per heavy atom. The summed E-state index contributed by atoms with van der Waals surface area (Å²) in [5, 5.41) is 14.3. The summed E-state index contributed by atoms with van der Waals surface area (Å²) in [6.45, 7) is 5.67. The number of hydrogen-bond acceptors (Lipinski definition) is 3. The Morgan fingerprint density at radius 1 is 1.28 bits per heavy atom. The molecule has 0 saturated heterocycles. The molecule has 0 saturated carbocycles. The van der Waals surface area contributed by atoms with Gasteiger partial charge in [-0.3, -0.25) is 4.79 Å². The van der Waals surface area contributed by atoms with Gasteiger partial charge in [0.25, 0.3) is 5.91 Å². The lowest BCUT2D eigenvalue weighted by Crippen LogP contribution is -2.49. The van der Waals surface area contributed by atoms with E-state index < -0.39 is 17.7 Å². The van der Waals surface area contributed by atoms with Crippen molar-refractivity contribution in [3.8, 4) is 0 Å². The number of rotatable bonds is 5. The number of halogens is 1. The van der Waals surface area contributed by atoms with Crippen molar-refractivity contribution in [2.24, 2.45) is 0 Å². The van der Waals surface area contributed by atoms with Gasteiger partial charge in [-0.1, -0.05) is 30.3 Å². The Morgan fingerprint density at radius 3 is 2.40 bits per heavy atom. The van der Waals surface area contributed by atoms with Crippen molar-refractivity contribution >= 4 is 39.3 Å². The van der Waals surface area contributed by atoms with Crippen LogP contribution >= 0.6 is 27.3 Å². The highest BCUT2D eigenvalue weighted by atomic mass is 79.9. The van der Waals surface area contributed by atoms with Crippen molar-refractivity contribution < 1.29 is 14.7 Å². The number of carboxylic acid groups (broad SMARTS) is 1. The van der Waals surface area contributed by atoms with Crippen molar-refractivity contribution in [1.82, 2.24) is 10.2 Å². The third-order valence-corrected chi connectivity index (χ3v) is 5.25. The molecule has 0 aliphatic rings. The molecule has 1 aromatic carbocycles. The largest absolute Gasteiger partial charge is 0.465 e.